The maximum absolute atomic E-state index is 13.9. The minimum Gasteiger partial charge on any atom is -0.409 e. The van der Waals surface area contributed by atoms with E-state index in [0.29, 0.717) is 6.42 Å². The smallest absolute Gasteiger partial charge is 0.409 e. The lowest BCUT2D eigenvalue weighted by Crippen LogP contribution is -2.67. The predicted molar refractivity (Wildman–Crippen MR) is 127 cm³/mol. The van der Waals surface area contributed by atoms with E-state index in [1.807, 2.05) is 6.92 Å². The Bertz CT molecular complexity index is 1160. The van der Waals surface area contributed by atoms with Crippen molar-refractivity contribution in [3.05, 3.63) is 29.3 Å². The van der Waals surface area contributed by atoms with Crippen molar-refractivity contribution in [3.63, 3.8) is 0 Å². The molecule has 196 valence electrons. The Balaban J connectivity index is 1.59. The molecule has 0 aromatic heterocycles. The van der Waals surface area contributed by atoms with Gasteiger partial charge >= 0.3 is 6.18 Å². The average molecular weight is 524 g/mol. The van der Waals surface area contributed by atoms with Crippen LogP contribution in [0.3, 0.4) is 0 Å². The van der Waals surface area contributed by atoms with Crippen LogP contribution in [-0.2, 0) is 24.9 Å². The SMILES string of the molecule is CC(C)(C)[Si](C)(C)O[C@@H]1[C@@H](N)[C@]2(C)O[C@]13CCO[C@@H]1[C@H]3[C@H]2C(=O)N1c1ccc(C#N)c(C(F)(F)F)c1. The fraction of sp³-hybridized carbons (Fsp3) is 0.680. The lowest BCUT2D eigenvalue weighted by Gasteiger charge is -2.50. The molecule has 0 saturated carbocycles. The summed E-state index contributed by atoms with van der Waals surface area (Å²) in [4.78, 5) is 15.2. The van der Waals surface area contributed by atoms with Gasteiger partial charge in [-0.15, -0.1) is 0 Å². The van der Waals surface area contributed by atoms with Gasteiger partial charge in [0.2, 0.25) is 5.91 Å². The average Bonchev–Trinajstić information content (AvgIpc) is 3.30. The molecule has 0 unspecified atom stereocenters. The summed E-state index contributed by atoms with van der Waals surface area (Å²) in [6.45, 7) is 12.8. The van der Waals surface area contributed by atoms with E-state index in [2.05, 4.69) is 33.9 Å². The summed E-state index contributed by atoms with van der Waals surface area (Å²) in [7, 11) is -2.28. The van der Waals surface area contributed by atoms with E-state index in [1.54, 1.807) is 6.07 Å². The van der Waals surface area contributed by atoms with Crippen LogP contribution >= 0.6 is 0 Å². The Morgan fingerprint density at radius 1 is 1.28 bits per heavy atom. The number of nitrogens with two attached hydrogens (primary N) is 1. The number of anilines is 1. The van der Waals surface area contributed by atoms with Crippen LogP contribution in [0.2, 0.25) is 18.1 Å². The molecular weight excluding hydrogens is 491 g/mol. The molecule has 7 nitrogen and oxygen atoms in total. The van der Waals surface area contributed by atoms with Crippen molar-refractivity contribution >= 4 is 19.9 Å². The number of ether oxygens (including phenoxy) is 2. The molecule has 0 aliphatic carbocycles. The zero-order chi connectivity index (χ0) is 26.6. The van der Waals surface area contributed by atoms with Gasteiger partial charge in [-0.3, -0.25) is 9.69 Å². The number of hydrogen-bond donors (Lipinski definition) is 1. The number of benzene rings is 1. The lowest BCUT2D eigenvalue weighted by atomic mass is 9.63. The molecule has 1 aromatic carbocycles. The number of fused-ring (bicyclic) bond motifs is 2. The molecule has 5 rings (SSSR count). The normalized spacial score (nSPS) is 37.9. The fourth-order valence-corrected chi connectivity index (χ4v) is 7.72. The molecule has 4 aliphatic heterocycles. The third kappa shape index (κ3) is 3.21. The van der Waals surface area contributed by atoms with E-state index in [4.69, 9.17) is 19.6 Å². The van der Waals surface area contributed by atoms with E-state index in [1.165, 1.54) is 11.0 Å². The molecule has 1 spiro atoms. The maximum atomic E-state index is 13.9. The fourth-order valence-electron chi connectivity index (χ4n) is 6.38. The highest BCUT2D eigenvalue weighted by Gasteiger charge is 2.81. The van der Waals surface area contributed by atoms with E-state index in [9.17, 15) is 23.2 Å². The number of nitrogens with zero attached hydrogens (tertiary/aromatic N) is 2. The molecule has 7 atom stereocenters. The topological polar surface area (TPSA) is 97.8 Å². The zero-order valence-electron chi connectivity index (χ0n) is 21.3. The summed E-state index contributed by atoms with van der Waals surface area (Å²) < 4.78 is 60.7. The van der Waals surface area contributed by atoms with Gasteiger partial charge in [0.1, 0.15) is 11.8 Å². The molecule has 2 N–H and O–H groups in total. The Morgan fingerprint density at radius 3 is 2.53 bits per heavy atom. The molecule has 1 aromatic rings. The first-order chi connectivity index (χ1) is 16.5. The summed E-state index contributed by atoms with van der Waals surface area (Å²) in [5, 5.41) is 9.11. The van der Waals surface area contributed by atoms with Crippen molar-refractivity contribution in [1.29, 1.82) is 5.26 Å². The van der Waals surface area contributed by atoms with Crippen molar-refractivity contribution in [2.24, 2.45) is 17.6 Å². The summed E-state index contributed by atoms with van der Waals surface area (Å²) in [5.74, 6) is -1.50. The van der Waals surface area contributed by atoms with E-state index >= 15 is 0 Å². The molecule has 4 saturated heterocycles. The highest BCUT2D eigenvalue weighted by atomic mass is 28.4. The lowest BCUT2D eigenvalue weighted by molar-refractivity contribution is -0.161. The maximum Gasteiger partial charge on any atom is 0.417 e. The number of nitriles is 1. The molecule has 11 heteroatoms. The van der Waals surface area contributed by atoms with Gasteiger partial charge in [-0.2, -0.15) is 18.4 Å². The summed E-state index contributed by atoms with van der Waals surface area (Å²) >= 11 is 0. The summed E-state index contributed by atoms with van der Waals surface area (Å²) in [5.41, 5.74) is 3.31. The highest BCUT2D eigenvalue weighted by Crippen LogP contribution is 2.66. The molecule has 4 fully saturated rings. The Morgan fingerprint density at radius 2 is 1.94 bits per heavy atom. The van der Waals surface area contributed by atoms with Crippen LogP contribution in [0.25, 0.3) is 0 Å². The molecule has 2 bridgehead atoms. The minimum atomic E-state index is -4.74. The van der Waals surface area contributed by atoms with Gasteiger partial charge in [0.25, 0.3) is 0 Å². The largest absolute Gasteiger partial charge is 0.417 e. The first-order valence-corrected chi connectivity index (χ1v) is 15.1. The van der Waals surface area contributed by atoms with Crippen LogP contribution in [0.1, 0.15) is 45.2 Å². The number of halogens is 3. The number of carbonyl (C=O) groups is 1. The van der Waals surface area contributed by atoms with E-state index in [-0.39, 0.29) is 23.2 Å². The van der Waals surface area contributed by atoms with E-state index in [0.717, 1.165) is 12.1 Å². The van der Waals surface area contributed by atoms with Gasteiger partial charge in [0.15, 0.2) is 8.32 Å². The number of alkyl halides is 3. The van der Waals surface area contributed by atoms with Crippen molar-refractivity contribution in [2.45, 2.75) is 88.0 Å². The number of carbonyl (C=O) groups excluding carboxylic acids is 1. The standard InChI is InChI=1S/C25H32F3N3O4Si/c1-22(2,3)36(5,6)34-19-18(30)23(4)16-17-21(33-10-9-24(17,19)35-23)31(20(16)32)14-8-7-13(12-29)15(11-14)25(26,27)28/h7-8,11,16-19,21H,9-10,30H2,1-6H3/t16-,17+,18+,19+,21+,23+,24-/m0/s1. The van der Waals surface area contributed by atoms with Crippen molar-refractivity contribution in [3.8, 4) is 6.07 Å². The van der Waals surface area contributed by atoms with Gasteiger partial charge in [-0.25, -0.2) is 0 Å². The number of amides is 1. The van der Waals surface area contributed by atoms with Crippen molar-refractivity contribution < 1.29 is 31.9 Å². The second kappa shape index (κ2) is 7.54. The Labute approximate surface area is 209 Å². The molecule has 4 aliphatic rings. The minimum absolute atomic E-state index is 0.0428. The second-order valence-electron chi connectivity index (χ2n) is 12.1. The summed E-state index contributed by atoms with van der Waals surface area (Å²) in [6, 6.07) is 4.33. The molecular formula is C25H32F3N3O4Si. The molecule has 1 amide bonds. The van der Waals surface area contributed by atoms with Crippen LogP contribution in [0.15, 0.2) is 18.2 Å². The van der Waals surface area contributed by atoms with Crippen molar-refractivity contribution in [2.75, 3.05) is 11.5 Å². The van der Waals surface area contributed by atoms with Crippen molar-refractivity contribution in [1.82, 2.24) is 0 Å². The van der Waals surface area contributed by atoms with Crippen LogP contribution in [0, 0.1) is 23.2 Å². The molecule has 0 radical (unpaired) electrons. The van der Waals surface area contributed by atoms with Gasteiger partial charge in [-0.05, 0) is 43.3 Å². The van der Waals surface area contributed by atoms with Crippen LogP contribution in [0.5, 0.6) is 0 Å². The second-order valence-corrected chi connectivity index (χ2v) is 16.9. The first-order valence-electron chi connectivity index (χ1n) is 12.2. The molecule has 4 heterocycles. The quantitative estimate of drug-likeness (QED) is 0.598. The van der Waals surface area contributed by atoms with Gasteiger partial charge in [0, 0.05) is 12.1 Å². The first kappa shape index (κ1) is 25.7. The van der Waals surface area contributed by atoms with Gasteiger partial charge < -0.3 is 19.6 Å². The highest BCUT2D eigenvalue weighted by molar-refractivity contribution is 6.74. The third-order valence-corrected chi connectivity index (χ3v) is 13.7. The Hall–Kier alpha value is -1.97. The Kier molecular flexibility index (Phi) is 5.38. The summed E-state index contributed by atoms with van der Waals surface area (Å²) in [6.07, 6.45) is -5.54. The monoisotopic (exact) mass is 523 g/mol. The number of rotatable bonds is 3. The van der Waals surface area contributed by atoms with Gasteiger partial charge in [-0.1, -0.05) is 20.8 Å². The molecule has 36 heavy (non-hydrogen) atoms. The predicted octanol–water partition coefficient (Wildman–Crippen LogP) is 4.16. The number of hydrogen-bond acceptors (Lipinski definition) is 6. The van der Waals surface area contributed by atoms with E-state index < -0.39 is 67.0 Å². The third-order valence-electron chi connectivity index (χ3n) is 9.20. The van der Waals surface area contributed by atoms with Crippen LogP contribution in [0.4, 0.5) is 18.9 Å². The zero-order valence-corrected chi connectivity index (χ0v) is 22.3. The van der Waals surface area contributed by atoms with Gasteiger partial charge in [0.05, 0.1) is 53.4 Å². The van der Waals surface area contributed by atoms with Crippen LogP contribution in [-0.4, -0.2) is 50.4 Å². The van der Waals surface area contributed by atoms with Crippen LogP contribution < -0.4 is 10.6 Å².